The Morgan fingerprint density at radius 3 is 2.72 bits per heavy atom. The van der Waals surface area contributed by atoms with Crippen LogP contribution in [0.2, 0.25) is 0 Å². The summed E-state index contributed by atoms with van der Waals surface area (Å²) in [7, 11) is 0. The number of rotatable bonds is 3. The van der Waals surface area contributed by atoms with Crippen LogP contribution in [0.3, 0.4) is 0 Å². The third-order valence-corrected chi connectivity index (χ3v) is 4.09. The third kappa shape index (κ3) is 2.65. The number of nitrogens with zero attached hydrogens (tertiary/aromatic N) is 1. The number of alkyl halides is 3. The number of nitrogens with two attached hydrogens (primary N) is 1. The lowest BCUT2D eigenvalue weighted by atomic mass is 9.99. The van der Waals surface area contributed by atoms with Gasteiger partial charge in [0, 0.05) is 18.6 Å². The highest BCUT2D eigenvalue weighted by Crippen LogP contribution is 2.36. The summed E-state index contributed by atoms with van der Waals surface area (Å²) in [6.07, 6.45) is -1.37. The highest BCUT2D eigenvalue weighted by molar-refractivity contribution is 4.97. The fourth-order valence-electron chi connectivity index (χ4n) is 3.20. The first kappa shape index (κ1) is 14.1. The average Bonchev–Trinajstić information content (AvgIpc) is 2.76. The quantitative estimate of drug-likeness (QED) is 0.848. The molecule has 2 fully saturated rings. The molecule has 2 N–H and O–H groups in total. The van der Waals surface area contributed by atoms with E-state index in [1.807, 2.05) is 0 Å². The van der Waals surface area contributed by atoms with Crippen LogP contribution in [0.4, 0.5) is 13.2 Å². The molecule has 0 aromatic heterocycles. The van der Waals surface area contributed by atoms with Gasteiger partial charge in [-0.3, -0.25) is 4.90 Å². The maximum Gasteiger partial charge on any atom is 0.405 e. The number of fused-ring (bicyclic) bond motifs is 1. The second-order valence-electron chi connectivity index (χ2n) is 5.20. The summed E-state index contributed by atoms with van der Waals surface area (Å²) in [6.45, 7) is 2.42. The molecular weight excluding hydrogens is 245 g/mol. The maximum atomic E-state index is 13.2. The van der Waals surface area contributed by atoms with Crippen LogP contribution >= 0.6 is 0 Å². The van der Waals surface area contributed by atoms with Gasteiger partial charge in [0.25, 0.3) is 0 Å². The fraction of sp³-hybridized carbons (Fsp3) is 1.00. The van der Waals surface area contributed by atoms with E-state index in [1.165, 1.54) is 0 Å². The van der Waals surface area contributed by atoms with Gasteiger partial charge in [-0.15, -0.1) is 0 Å². The third-order valence-electron chi connectivity index (χ3n) is 4.09. The summed E-state index contributed by atoms with van der Waals surface area (Å²) in [4.78, 5) is 1.55. The van der Waals surface area contributed by atoms with Gasteiger partial charge in [-0.2, -0.15) is 13.2 Å². The van der Waals surface area contributed by atoms with E-state index >= 15 is 0 Å². The average molecular weight is 266 g/mol. The minimum Gasteiger partial charge on any atom is -0.375 e. The van der Waals surface area contributed by atoms with Gasteiger partial charge in [0.05, 0.1) is 12.7 Å². The topological polar surface area (TPSA) is 38.5 Å². The highest BCUT2D eigenvalue weighted by atomic mass is 19.4. The van der Waals surface area contributed by atoms with Gasteiger partial charge >= 0.3 is 6.18 Å². The van der Waals surface area contributed by atoms with Crippen molar-refractivity contribution in [2.75, 3.05) is 13.2 Å². The molecule has 18 heavy (non-hydrogen) atoms. The summed E-state index contributed by atoms with van der Waals surface area (Å²) < 4.78 is 45.3. The second kappa shape index (κ2) is 5.35. The summed E-state index contributed by atoms with van der Waals surface area (Å²) in [5.41, 5.74) is 5.71. The van der Waals surface area contributed by atoms with Crippen molar-refractivity contribution < 1.29 is 17.9 Å². The predicted molar refractivity (Wildman–Crippen MR) is 62.2 cm³/mol. The molecule has 1 heterocycles. The van der Waals surface area contributed by atoms with Crippen LogP contribution in [0.15, 0.2) is 0 Å². The van der Waals surface area contributed by atoms with E-state index in [0.717, 1.165) is 19.3 Å². The minimum atomic E-state index is -4.26. The molecule has 4 atom stereocenters. The molecule has 0 aromatic carbocycles. The lowest BCUT2D eigenvalue weighted by molar-refractivity contribution is -0.212. The predicted octanol–water partition coefficient (Wildman–Crippen LogP) is 1.91. The van der Waals surface area contributed by atoms with Gasteiger partial charge in [0.1, 0.15) is 6.04 Å². The van der Waals surface area contributed by atoms with E-state index in [1.54, 1.807) is 11.8 Å². The molecule has 3 nitrogen and oxygen atoms in total. The van der Waals surface area contributed by atoms with Gasteiger partial charge in [0.15, 0.2) is 0 Å². The summed E-state index contributed by atoms with van der Waals surface area (Å²) in [5.74, 6) is 0. The smallest absolute Gasteiger partial charge is 0.375 e. The van der Waals surface area contributed by atoms with Crippen LogP contribution in [0.1, 0.15) is 32.6 Å². The first-order valence-electron chi connectivity index (χ1n) is 6.64. The molecule has 1 aliphatic carbocycles. The Balaban J connectivity index is 2.19. The molecule has 0 amide bonds. The maximum absolute atomic E-state index is 13.2. The first-order valence-corrected chi connectivity index (χ1v) is 6.64. The first-order chi connectivity index (χ1) is 8.45. The summed E-state index contributed by atoms with van der Waals surface area (Å²) in [5, 5.41) is 0. The Morgan fingerprint density at radius 2 is 2.11 bits per heavy atom. The van der Waals surface area contributed by atoms with Crippen LogP contribution in [-0.2, 0) is 4.74 Å². The monoisotopic (exact) mass is 266 g/mol. The van der Waals surface area contributed by atoms with Gasteiger partial charge < -0.3 is 10.5 Å². The number of morpholine rings is 1. The lowest BCUT2D eigenvalue weighted by Crippen LogP contribution is -2.63. The molecule has 106 valence electrons. The molecular formula is C12H21F3N2O. The lowest BCUT2D eigenvalue weighted by Gasteiger charge is -2.44. The Bertz CT molecular complexity index is 285. The van der Waals surface area contributed by atoms with Crippen LogP contribution in [0.25, 0.3) is 0 Å². The van der Waals surface area contributed by atoms with Crippen molar-refractivity contribution in [1.82, 2.24) is 4.90 Å². The SMILES string of the molecule is CCC(N)C(N1CCOC2CCCC21)C(F)(F)F. The Kier molecular flexibility index (Phi) is 4.18. The number of hydrogen-bond acceptors (Lipinski definition) is 3. The van der Waals surface area contributed by atoms with Gasteiger partial charge in [0.2, 0.25) is 0 Å². The minimum absolute atomic E-state index is 0.0346. The van der Waals surface area contributed by atoms with E-state index < -0.39 is 18.3 Å². The molecule has 0 spiro atoms. The number of ether oxygens (including phenoxy) is 1. The molecule has 1 aliphatic heterocycles. The van der Waals surface area contributed by atoms with Crippen molar-refractivity contribution in [3.63, 3.8) is 0 Å². The second-order valence-corrected chi connectivity index (χ2v) is 5.20. The molecule has 1 saturated heterocycles. The van der Waals surface area contributed by atoms with Crippen molar-refractivity contribution in [3.05, 3.63) is 0 Å². The normalized spacial score (nSPS) is 33.2. The Labute approximate surface area is 105 Å². The van der Waals surface area contributed by atoms with Crippen LogP contribution in [-0.4, -0.2) is 48.5 Å². The zero-order valence-corrected chi connectivity index (χ0v) is 10.6. The molecule has 6 heteroatoms. The largest absolute Gasteiger partial charge is 0.405 e. The molecule has 0 radical (unpaired) electrons. The molecule has 4 unspecified atom stereocenters. The van der Waals surface area contributed by atoms with Crippen molar-refractivity contribution in [1.29, 1.82) is 0 Å². The molecule has 0 bridgehead atoms. The number of hydrogen-bond donors (Lipinski definition) is 1. The summed E-state index contributed by atoms with van der Waals surface area (Å²) in [6, 6.07) is -2.50. The van der Waals surface area contributed by atoms with Gasteiger partial charge in [-0.1, -0.05) is 6.92 Å². The van der Waals surface area contributed by atoms with Crippen LogP contribution in [0, 0.1) is 0 Å². The highest BCUT2D eigenvalue weighted by Gasteiger charge is 2.51. The van der Waals surface area contributed by atoms with Gasteiger partial charge in [-0.05, 0) is 25.7 Å². The van der Waals surface area contributed by atoms with E-state index in [9.17, 15) is 13.2 Å². The fourth-order valence-corrected chi connectivity index (χ4v) is 3.20. The standard InChI is InChI=1S/C12H21F3N2O/c1-2-8(16)11(12(13,14)15)17-6-7-18-10-5-3-4-9(10)17/h8-11H,2-7,16H2,1H3. The molecule has 2 rings (SSSR count). The van der Waals surface area contributed by atoms with Gasteiger partial charge in [-0.25, -0.2) is 0 Å². The molecule has 0 aromatic rings. The van der Waals surface area contributed by atoms with Crippen molar-refractivity contribution in [2.45, 2.75) is 63.0 Å². The Morgan fingerprint density at radius 1 is 1.39 bits per heavy atom. The van der Waals surface area contributed by atoms with E-state index in [-0.39, 0.29) is 12.1 Å². The van der Waals surface area contributed by atoms with Crippen molar-refractivity contribution in [3.8, 4) is 0 Å². The number of halogens is 3. The van der Waals surface area contributed by atoms with E-state index in [0.29, 0.717) is 19.6 Å². The summed E-state index contributed by atoms with van der Waals surface area (Å²) >= 11 is 0. The zero-order chi connectivity index (χ0) is 13.3. The van der Waals surface area contributed by atoms with Crippen molar-refractivity contribution >= 4 is 0 Å². The molecule has 2 aliphatic rings. The van der Waals surface area contributed by atoms with Crippen LogP contribution in [0.5, 0.6) is 0 Å². The van der Waals surface area contributed by atoms with Crippen molar-refractivity contribution in [2.24, 2.45) is 5.73 Å². The zero-order valence-electron chi connectivity index (χ0n) is 10.6. The Hall–Kier alpha value is -0.330. The van der Waals surface area contributed by atoms with E-state index in [2.05, 4.69) is 0 Å². The van der Waals surface area contributed by atoms with E-state index in [4.69, 9.17) is 10.5 Å². The van der Waals surface area contributed by atoms with Crippen LogP contribution < -0.4 is 5.73 Å². The molecule has 1 saturated carbocycles.